The number of hydrogen-bond donors (Lipinski definition) is 1. The molecule has 0 radical (unpaired) electrons. The number of anilines is 1. The minimum atomic E-state index is -0.225. The number of thioether (sulfide) groups is 1. The molecule has 29 heavy (non-hydrogen) atoms. The quantitative estimate of drug-likeness (QED) is 0.662. The van der Waals surface area contributed by atoms with Crippen molar-refractivity contribution in [2.45, 2.75) is 12.1 Å². The lowest BCUT2D eigenvalue weighted by atomic mass is 10.2. The van der Waals surface area contributed by atoms with Crippen LogP contribution in [0.5, 0.6) is 0 Å². The summed E-state index contributed by atoms with van der Waals surface area (Å²) < 4.78 is 7.42. The van der Waals surface area contributed by atoms with Crippen molar-refractivity contribution in [2.24, 2.45) is 0 Å². The summed E-state index contributed by atoms with van der Waals surface area (Å²) in [4.78, 5) is 27.4. The second-order valence-electron chi connectivity index (χ2n) is 6.91. The topological polar surface area (TPSA) is 92.6 Å². The average molecular weight is 419 g/mol. The van der Waals surface area contributed by atoms with E-state index in [1.54, 1.807) is 14.1 Å². The van der Waals surface area contributed by atoms with E-state index in [2.05, 4.69) is 26.5 Å². The number of carbonyl (C=O) groups is 2. The van der Waals surface area contributed by atoms with Crippen LogP contribution in [0, 0.1) is 6.92 Å². The highest BCUT2D eigenvalue weighted by atomic mass is 32.2. The monoisotopic (exact) mass is 418 g/mol. The summed E-state index contributed by atoms with van der Waals surface area (Å²) >= 11 is 1.30. The van der Waals surface area contributed by atoms with Gasteiger partial charge in [-0.05, 0) is 24.6 Å². The van der Waals surface area contributed by atoms with E-state index >= 15 is 0 Å². The zero-order chi connectivity index (χ0) is 20.8. The third-order valence-corrected chi connectivity index (χ3v) is 5.37. The van der Waals surface area contributed by atoms with Crippen LogP contribution in [0.3, 0.4) is 0 Å². The zero-order valence-electron chi connectivity index (χ0n) is 16.9. The van der Waals surface area contributed by atoms with Gasteiger partial charge >= 0.3 is 0 Å². The summed E-state index contributed by atoms with van der Waals surface area (Å²) in [6, 6.07) is 8.08. The highest BCUT2D eigenvalue weighted by molar-refractivity contribution is 7.99. The first-order valence-electron chi connectivity index (χ1n) is 9.40. The van der Waals surface area contributed by atoms with Crippen LogP contribution in [0.25, 0.3) is 5.69 Å². The standard InChI is InChI=1S/C19H26N6O3S/c1-14-5-4-6-15(11-14)25-18(24-7-9-28-10-8-24)21-22-19(25)29-13-16(26)20-12-17(27)23(2)3/h4-6,11H,7-10,12-13H2,1-3H3,(H,20,26). The smallest absolute Gasteiger partial charge is 0.241 e. The van der Waals surface area contributed by atoms with E-state index in [4.69, 9.17) is 4.74 Å². The van der Waals surface area contributed by atoms with Gasteiger partial charge in [-0.3, -0.25) is 14.2 Å². The summed E-state index contributed by atoms with van der Waals surface area (Å²) in [5.74, 6) is 0.510. The second-order valence-corrected chi connectivity index (χ2v) is 7.85. The van der Waals surface area contributed by atoms with Gasteiger partial charge in [-0.1, -0.05) is 23.9 Å². The lowest BCUT2D eigenvalue weighted by Gasteiger charge is -2.28. The number of likely N-dealkylation sites (N-methyl/N-ethyl adjacent to an activating group) is 1. The average Bonchev–Trinajstić information content (AvgIpc) is 3.15. The van der Waals surface area contributed by atoms with E-state index in [9.17, 15) is 9.59 Å². The molecule has 1 aliphatic rings. The Morgan fingerprint density at radius 3 is 2.69 bits per heavy atom. The maximum absolute atomic E-state index is 12.2. The van der Waals surface area contributed by atoms with Crippen molar-refractivity contribution in [3.63, 3.8) is 0 Å². The molecule has 1 saturated heterocycles. The molecule has 3 rings (SSSR count). The lowest BCUT2D eigenvalue weighted by molar-refractivity contribution is -0.130. The lowest BCUT2D eigenvalue weighted by Crippen LogP contribution is -2.38. The molecule has 0 bridgehead atoms. The van der Waals surface area contributed by atoms with Gasteiger partial charge in [0, 0.05) is 27.2 Å². The zero-order valence-corrected chi connectivity index (χ0v) is 17.7. The van der Waals surface area contributed by atoms with Gasteiger partial charge in [0.2, 0.25) is 17.8 Å². The van der Waals surface area contributed by atoms with E-state index in [1.807, 2.05) is 29.7 Å². The number of benzene rings is 1. The number of ether oxygens (including phenoxy) is 1. The van der Waals surface area contributed by atoms with Crippen LogP contribution in [-0.2, 0) is 14.3 Å². The van der Waals surface area contributed by atoms with Crippen molar-refractivity contribution < 1.29 is 14.3 Å². The molecule has 0 aliphatic carbocycles. The van der Waals surface area contributed by atoms with Gasteiger partial charge in [-0.2, -0.15) is 0 Å². The number of amides is 2. The molecule has 1 aliphatic heterocycles. The summed E-state index contributed by atoms with van der Waals surface area (Å²) in [6.45, 7) is 4.78. The summed E-state index contributed by atoms with van der Waals surface area (Å²) in [5.41, 5.74) is 2.07. The molecule has 2 aromatic rings. The number of rotatable bonds is 7. The Labute approximate surface area is 174 Å². The maximum Gasteiger partial charge on any atom is 0.241 e. The Morgan fingerprint density at radius 2 is 2.00 bits per heavy atom. The van der Waals surface area contributed by atoms with Crippen LogP contribution in [0.1, 0.15) is 5.56 Å². The number of aromatic nitrogens is 3. The van der Waals surface area contributed by atoms with Crippen LogP contribution in [0.4, 0.5) is 5.95 Å². The van der Waals surface area contributed by atoms with Gasteiger partial charge in [-0.25, -0.2) is 0 Å². The highest BCUT2D eigenvalue weighted by Crippen LogP contribution is 2.27. The van der Waals surface area contributed by atoms with E-state index in [1.165, 1.54) is 16.7 Å². The van der Waals surface area contributed by atoms with Crippen molar-refractivity contribution in [1.29, 1.82) is 0 Å². The van der Waals surface area contributed by atoms with Crippen molar-refractivity contribution in [1.82, 2.24) is 25.0 Å². The van der Waals surface area contributed by atoms with Gasteiger partial charge in [-0.15, -0.1) is 10.2 Å². The normalized spacial score (nSPS) is 14.0. The van der Waals surface area contributed by atoms with E-state index in [0.717, 1.165) is 30.3 Å². The van der Waals surface area contributed by atoms with Gasteiger partial charge in [0.25, 0.3) is 0 Å². The maximum atomic E-state index is 12.2. The molecule has 0 saturated carbocycles. The first-order chi connectivity index (χ1) is 14.0. The van der Waals surface area contributed by atoms with Crippen molar-refractivity contribution in [2.75, 3.05) is 57.6 Å². The Kier molecular flexibility index (Phi) is 7.10. The molecule has 0 atom stereocenters. The second kappa shape index (κ2) is 9.75. The highest BCUT2D eigenvalue weighted by Gasteiger charge is 2.22. The molecule has 1 aromatic carbocycles. The number of nitrogens with zero attached hydrogens (tertiary/aromatic N) is 5. The number of aryl methyl sites for hydroxylation is 1. The first kappa shape index (κ1) is 21.1. The minimum absolute atomic E-state index is 0.0179. The van der Waals surface area contributed by atoms with E-state index in [0.29, 0.717) is 18.4 Å². The Morgan fingerprint density at radius 1 is 1.24 bits per heavy atom. The Hall–Kier alpha value is -2.59. The molecule has 10 heteroatoms. The molecule has 1 N–H and O–H groups in total. The Bertz CT molecular complexity index is 863. The van der Waals surface area contributed by atoms with Crippen LogP contribution < -0.4 is 10.2 Å². The summed E-state index contributed by atoms with van der Waals surface area (Å²) in [7, 11) is 3.31. The fourth-order valence-electron chi connectivity index (χ4n) is 2.83. The largest absolute Gasteiger partial charge is 0.378 e. The van der Waals surface area contributed by atoms with Crippen LogP contribution in [-0.4, -0.2) is 84.2 Å². The van der Waals surface area contributed by atoms with E-state index < -0.39 is 0 Å². The molecule has 0 spiro atoms. The molecule has 156 valence electrons. The number of nitrogens with one attached hydrogen (secondary N) is 1. The number of morpholine rings is 1. The van der Waals surface area contributed by atoms with Gasteiger partial charge in [0.1, 0.15) is 0 Å². The van der Waals surface area contributed by atoms with Crippen molar-refractivity contribution in [3.05, 3.63) is 29.8 Å². The van der Waals surface area contributed by atoms with Crippen LogP contribution in [0.2, 0.25) is 0 Å². The Balaban J connectivity index is 1.76. The molecule has 2 amide bonds. The fraction of sp³-hybridized carbons (Fsp3) is 0.474. The SMILES string of the molecule is Cc1cccc(-n2c(SCC(=O)NCC(=O)N(C)C)nnc2N2CCOCC2)c1. The fourth-order valence-corrected chi connectivity index (χ4v) is 3.61. The van der Waals surface area contributed by atoms with Gasteiger partial charge in [0.05, 0.1) is 31.2 Å². The molecular formula is C19H26N6O3S. The summed E-state index contributed by atoms with van der Waals surface area (Å²) in [6.07, 6.45) is 0. The molecular weight excluding hydrogens is 392 g/mol. The van der Waals surface area contributed by atoms with Gasteiger partial charge < -0.3 is 19.9 Å². The number of hydrogen-bond acceptors (Lipinski definition) is 7. The first-order valence-corrected chi connectivity index (χ1v) is 10.4. The third-order valence-electron chi connectivity index (χ3n) is 4.44. The van der Waals surface area contributed by atoms with Crippen LogP contribution >= 0.6 is 11.8 Å². The summed E-state index contributed by atoms with van der Waals surface area (Å²) in [5, 5.41) is 12.0. The third kappa shape index (κ3) is 5.48. The van der Waals surface area contributed by atoms with Crippen molar-refractivity contribution >= 4 is 29.5 Å². The molecule has 1 aromatic heterocycles. The minimum Gasteiger partial charge on any atom is -0.378 e. The van der Waals surface area contributed by atoms with Crippen molar-refractivity contribution in [3.8, 4) is 5.69 Å². The molecule has 1 fully saturated rings. The molecule has 9 nitrogen and oxygen atoms in total. The molecule has 0 unspecified atom stereocenters. The predicted molar refractivity (Wildman–Crippen MR) is 112 cm³/mol. The van der Waals surface area contributed by atoms with Gasteiger partial charge in [0.15, 0.2) is 5.16 Å². The molecule has 2 heterocycles. The van der Waals surface area contributed by atoms with E-state index in [-0.39, 0.29) is 24.1 Å². The van der Waals surface area contributed by atoms with Crippen LogP contribution in [0.15, 0.2) is 29.4 Å². The number of carbonyl (C=O) groups excluding carboxylic acids is 2. The predicted octanol–water partition coefficient (Wildman–Crippen LogP) is 0.709.